The quantitative estimate of drug-likeness (QED) is 0.855. The molecular weight excluding hydrogens is 334 g/mol. The highest BCUT2D eigenvalue weighted by molar-refractivity contribution is 5.96. The van der Waals surface area contributed by atoms with Crippen molar-refractivity contribution in [3.8, 4) is 0 Å². The van der Waals surface area contributed by atoms with Crippen LogP contribution in [-0.2, 0) is 25.5 Å². The number of ether oxygens (including phenoxy) is 2. The number of carbonyl (C=O) groups excluding carboxylic acids is 3. The zero-order chi connectivity index (χ0) is 18.7. The third-order valence-electron chi connectivity index (χ3n) is 4.29. The lowest BCUT2D eigenvalue weighted by atomic mass is 9.99. The van der Waals surface area contributed by atoms with E-state index in [2.05, 4.69) is 5.32 Å². The lowest BCUT2D eigenvalue weighted by Crippen LogP contribution is -2.36. The molecule has 1 aliphatic rings. The SMILES string of the molecule is Cc1ccc(NC(=O)COC(=O)[C@H]2Cc3ccccc3C(=O)O2)cc1C. The van der Waals surface area contributed by atoms with E-state index in [-0.39, 0.29) is 6.42 Å². The fraction of sp³-hybridized carbons (Fsp3) is 0.250. The van der Waals surface area contributed by atoms with Crippen LogP contribution in [0.25, 0.3) is 0 Å². The van der Waals surface area contributed by atoms with Gasteiger partial charge >= 0.3 is 11.9 Å². The minimum Gasteiger partial charge on any atom is -0.453 e. The van der Waals surface area contributed by atoms with E-state index in [1.807, 2.05) is 26.0 Å². The Morgan fingerprint density at radius 3 is 2.69 bits per heavy atom. The van der Waals surface area contributed by atoms with Crippen LogP contribution in [0.3, 0.4) is 0 Å². The molecule has 1 heterocycles. The number of carbonyl (C=O) groups is 3. The molecule has 6 nitrogen and oxygen atoms in total. The fourth-order valence-corrected chi connectivity index (χ4v) is 2.71. The monoisotopic (exact) mass is 353 g/mol. The molecule has 0 radical (unpaired) electrons. The van der Waals surface area contributed by atoms with Gasteiger partial charge < -0.3 is 14.8 Å². The second kappa shape index (κ2) is 7.39. The molecule has 1 N–H and O–H groups in total. The first-order valence-corrected chi connectivity index (χ1v) is 8.26. The van der Waals surface area contributed by atoms with Gasteiger partial charge in [-0.3, -0.25) is 4.79 Å². The van der Waals surface area contributed by atoms with Gasteiger partial charge in [-0.15, -0.1) is 0 Å². The summed E-state index contributed by atoms with van der Waals surface area (Å²) in [5, 5.41) is 2.67. The lowest BCUT2D eigenvalue weighted by molar-refractivity contribution is -0.156. The first-order valence-electron chi connectivity index (χ1n) is 8.26. The zero-order valence-corrected chi connectivity index (χ0v) is 14.6. The molecule has 1 aliphatic heterocycles. The number of benzene rings is 2. The molecule has 0 saturated carbocycles. The summed E-state index contributed by atoms with van der Waals surface area (Å²) in [5.41, 5.74) is 3.97. The maximum atomic E-state index is 12.1. The Labute approximate surface area is 151 Å². The van der Waals surface area contributed by atoms with Gasteiger partial charge in [0.1, 0.15) is 0 Å². The number of amides is 1. The molecule has 3 rings (SSSR count). The standard InChI is InChI=1S/C20H19NO5/c1-12-7-8-15(9-13(12)2)21-18(22)11-25-20(24)17-10-14-5-3-4-6-16(14)19(23)26-17/h3-9,17H,10-11H2,1-2H3,(H,21,22)/t17-/m1/s1. The van der Waals surface area contributed by atoms with Crippen LogP contribution in [0, 0.1) is 13.8 Å². The number of fused-ring (bicyclic) bond motifs is 1. The Hall–Kier alpha value is -3.15. The summed E-state index contributed by atoms with van der Waals surface area (Å²) in [5.74, 6) is -1.75. The van der Waals surface area contributed by atoms with E-state index < -0.39 is 30.6 Å². The van der Waals surface area contributed by atoms with Crippen LogP contribution < -0.4 is 5.32 Å². The van der Waals surface area contributed by atoms with Gasteiger partial charge in [0.15, 0.2) is 6.61 Å². The topological polar surface area (TPSA) is 81.7 Å². The Morgan fingerprint density at radius 1 is 1.15 bits per heavy atom. The van der Waals surface area contributed by atoms with E-state index in [9.17, 15) is 14.4 Å². The summed E-state index contributed by atoms with van der Waals surface area (Å²) in [7, 11) is 0. The summed E-state index contributed by atoms with van der Waals surface area (Å²) >= 11 is 0. The lowest BCUT2D eigenvalue weighted by Gasteiger charge is -2.23. The normalized spacial score (nSPS) is 15.6. The molecule has 26 heavy (non-hydrogen) atoms. The van der Waals surface area contributed by atoms with Gasteiger partial charge in [-0.1, -0.05) is 24.3 Å². The highest BCUT2D eigenvalue weighted by Gasteiger charge is 2.32. The number of rotatable bonds is 4. The van der Waals surface area contributed by atoms with Crippen LogP contribution in [0.4, 0.5) is 5.69 Å². The number of esters is 2. The number of hydrogen-bond acceptors (Lipinski definition) is 5. The number of anilines is 1. The maximum Gasteiger partial charge on any atom is 0.348 e. The highest BCUT2D eigenvalue weighted by Crippen LogP contribution is 2.21. The molecule has 6 heteroatoms. The minimum absolute atomic E-state index is 0.236. The highest BCUT2D eigenvalue weighted by atomic mass is 16.6. The summed E-state index contributed by atoms with van der Waals surface area (Å²) in [6.07, 6.45) is -0.800. The summed E-state index contributed by atoms with van der Waals surface area (Å²) < 4.78 is 10.1. The van der Waals surface area contributed by atoms with E-state index >= 15 is 0 Å². The molecule has 0 fully saturated rings. The van der Waals surface area contributed by atoms with Gasteiger partial charge in [-0.25, -0.2) is 9.59 Å². The van der Waals surface area contributed by atoms with Crippen molar-refractivity contribution in [2.45, 2.75) is 26.4 Å². The molecule has 1 amide bonds. The van der Waals surface area contributed by atoms with Crippen molar-refractivity contribution in [3.63, 3.8) is 0 Å². The first-order chi connectivity index (χ1) is 12.4. The average Bonchev–Trinajstić information content (AvgIpc) is 2.63. The molecule has 2 aromatic rings. The van der Waals surface area contributed by atoms with Crippen molar-refractivity contribution in [3.05, 3.63) is 64.7 Å². The van der Waals surface area contributed by atoms with Crippen LogP contribution in [0.1, 0.15) is 27.0 Å². The van der Waals surface area contributed by atoms with Crippen molar-refractivity contribution in [2.75, 3.05) is 11.9 Å². The van der Waals surface area contributed by atoms with Gasteiger partial charge in [-0.05, 0) is 48.7 Å². The van der Waals surface area contributed by atoms with Gasteiger partial charge in [0.2, 0.25) is 6.10 Å². The molecule has 0 spiro atoms. The predicted molar refractivity (Wildman–Crippen MR) is 94.9 cm³/mol. The fourth-order valence-electron chi connectivity index (χ4n) is 2.71. The van der Waals surface area contributed by atoms with E-state index in [0.717, 1.165) is 16.7 Å². The molecule has 0 aromatic heterocycles. The van der Waals surface area contributed by atoms with E-state index in [1.165, 1.54) is 0 Å². The second-order valence-electron chi connectivity index (χ2n) is 6.21. The average molecular weight is 353 g/mol. The molecule has 0 aliphatic carbocycles. The largest absolute Gasteiger partial charge is 0.453 e. The van der Waals surface area contributed by atoms with Gasteiger partial charge in [0.25, 0.3) is 5.91 Å². The number of hydrogen-bond donors (Lipinski definition) is 1. The first kappa shape index (κ1) is 17.7. The summed E-state index contributed by atoms with van der Waals surface area (Å²) in [4.78, 5) is 36.0. The smallest absolute Gasteiger partial charge is 0.348 e. The second-order valence-corrected chi connectivity index (χ2v) is 6.21. The van der Waals surface area contributed by atoms with Crippen LogP contribution in [0.15, 0.2) is 42.5 Å². The van der Waals surface area contributed by atoms with Crippen molar-refractivity contribution < 1.29 is 23.9 Å². The van der Waals surface area contributed by atoms with Crippen molar-refractivity contribution in [2.24, 2.45) is 0 Å². The Morgan fingerprint density at radius 2 is 1.92 bits per heavy atom. The van der Waals surface area contributed by atoms with Crippen molar-refractivity contribution in [1.82, 2.24) is 0 Å². The van der Waals surface area contributed by atoms with Gasteiger partial charge in [-0.2, -0.15) is 0 Å². The van der Waals surface area contributed by atoms with E-state index in [4.69, 9.17) is 9.47 Å². The molecular formula is C20H19NO5. The number of nitrogens with one attached hydrogen (secondary N) is 1. The van der Waals surface area contributed by atoms with Gasteiger partial charge in [0.05, 0.1) is 5.56 Å². The third kappa shape index (κ3) is 3.91. The molecule has 2 aromatic carbocycles. The van der Waals surface area contributed by atoms with Crippen LogP contribution in [0.2, 0.25) is 0 Å². The molecule has 0 bridgehead atoms. The van der Waals surface area contributed by atoms with E-state index in [1.54, 1.807) is 30.3 Å². The van der Waals surface area contributed by atoms with Gasteiger partial charge in [0, 0.05) is 12.1 Å². The summed E-state index contributed by atoms with van der Waals surface area (Å²) in [6, 6.07) is 12.5. The molecule has 0 saturated heterocycles. The number of cyclic esters (lactones) is 1. The maximum absolute atomic E-state index is 12.1. The van der Waals surface area contributed by atoms with Crippen molar-refractivity contribution >= 4 is 23.5 Å². The van der Waals surface area contributed by atoms with Crippen molar-refractivity contribution in [1.29, 1.82) is 0 Å². The van der Waals surface area contributed by atoms with Crippen LogP contribution in [0.5, 0.6) is 0 Å². The summed E-state index contributed by atoms with van der Waals surface area (Å²) in [6.45, 7) is 3.48. The zero-order valence-electron chi connectivity index (χ0n) is 14.6. The van der Waals surface area contributed by atoms with Crippen LogP contribution >= 0.6 is 0 Å². The van der Waals surface area contributed by atoms with Crippen LogP contribution in [-0.4, -0.2) is 30.6 Å². The minimum atomic E-state index is -1.04. The molecule has 0 unspecified atom stereocenters. The molecule has 1 atom stereocenters. The predicted octanol–water partition coefficient (Wildman–Crippen LogP) is 2.57. The Kier molecular flexibility index (Phi) is 5.02. The van der Waals surface area contributed by atoms with E-state index in [0.29, 0.717) is 11.3 Å². The molecule has 134 valence electrons. The third-order valence-corrected chi connectivity index (χ3v) is 4.29. The Balaban J connectivity index is 1.55. The Bertz CT molecular complexity index is 874. The number of aryl methyl sites for hydroxylation is 2.